The van der Waals surface area contributed by atoms with E-state index < -0.39 is 11.8 Å². The molecule has 0 bridgehead atoms. The van der Waals surface area contributed by atoms with Crippen LogP contribution in [-0.2, 0) is 9.59 Å². The van der Waals surface area contributed by atoms with Crippen LogP contribution in [-0.4, -0.2) is 40.3 Å². The molecular weight excluding hydrogens is 176 g/mol. The lowest BCUT2D eigenvalue weighted by atomic mass is 10.4. The van der Waals surface area contributed by atoms with E-state index in [1.165, 1.54) is 16.8 Å². The number of hydrogen-bond acceptors (Lipinski definition) is 3. The number of rotatable bonds is 2. The average molecular weight is 186 g/mol. The second-order valence-electron chi connectivity index (χ2n) is 2.60. The molecule has 0 aromatic heterocycles. The maximum Gasteiger partial charge on any atom is 0.318 e. The van der Waals surface area contributed by atoms with Crippen LogP contribution in [0.4, 0.5) is 0 Å². The Hall–Kier alpha value is -0.970. The molecule has 0 unspecified atom stereocenters. The lowest BCUT2D eigenvalue weighted by Gasteiger charge is -2.13. The predicted octanol–water partition coefficient (Wildman–Crippen LogP) is -0.0181. The SMILES string of the molecule is CCCN1C(=O)C(=O)N(C)C1=S. The van der Waals surface area contributed by atoms with Gasteiger partial charge in [0.15, 0.2) is 5.11 Å². The number of nitrogens with zero attached hydrogens (tertiary/aromatic N) is 2. The fraction of sp³-hybridized carbons (Fsp3) is 0.571. The Morgan fingerprint density at radius 3 is 2.25 bits per heavy atom. The highest BCUT2D eigenvalue weighted by molar-refractivity contribution is 7.80. The van der Waals surface area contributed by atoms with Crippen molar-refractivity contribution in [2.24, 2.45) is 0 Å². The fourth-order valence-electron chi connectivity index (χ4n) is 1.03. The van der Waals surface area contributed by atoms with E-state index in [2.05, 4.69) is 0 Å². The van der Waals surface area contributed by atoms with E-state index in [0.29, 0.717) is 11.7 Å². The monoisotopic (exact) mass is 186 g/mol. The summed E-state index contributed by atoms with van der Waals surface area (Å²) in [7, 11) is 1.51. The van der Waals surface area contributed by atoms with Crippen LogP contribution in [0, 0.1) is 0 Å². The van der Waals surface area contributed by atoms with Crippen LogP contribution in [0.2, 0.25) is 0 Å². The van der Waals surface area contributed by atoms with Crippen LogP contribution in [0.15, 0.2) is 0 Å². The maximum absolute atomic E-state index is 11.2. The van der Waals surface area contributed by atoms with Gasteiger partial charge in [0.25, 0.3) is 0 Å². The highest BCUT2D eigenvalue weighted by Gasteiger charge is 2.38. The van der Waals surface area contributed by atoms with Gasteiger partial charge in [-0.2, -0.15) is 0 Å². The summed E-state index contributed by atoms with van der Waals surface area (Å²) in [5.41, 5.74) is 0. The highest BCUT2D eigenvalue weighted by Crippen LogP contribution is 2.09. The molecule has 12 heavy (non-hydrogen) atoms. The number of hydrogen-bond donors (Lipinski definition) is 0. The van der Waals surface area contributed by atoms with E-state index in [-0.39, 0.29) is 0 Å². The van der Waals surface area contributed by atoms with E-state index in [9.17, 15) is 9.59 Å². The minimum absolute atomic E-state index is 0.312. The summed E-state index contributed by atoms with van der Waals surface area (Å²) in [5.74, 6) is -1.04. The fourth-order valence-corrected chi connectivity index (χ4v) is 1.29. The molecule has 0 saturated carbocycles. The molecule has 0 N–H and O–H groups in total. The van der Waals surface area contributed by atoms with Crippen molar-refractivity contribution in [3.05, 3.63) is 0 Å². The van der Waals surface area contributed by atoms with E-state index in [4.69, 9.17) is 12.2 Å². The van der Waals surface area contributed by atoms with Crippen LogP contribution in [0.3, 0.4) is 0 Å². The maximum atomic E-state index is 11.2. The molecule has 0 spiro atoms. The van der Waals surface area contributed by atoms with Crippen molar-refractivity contribution in [1.82, 2.24) is 9.80 Å². The molecule has 0 aromatic carbocycles. The van der Waals surface area contributed by atoms with Gasteiger partial charge in [-0.15, -0.1) is 0 Å². The first-order valence-electron chi connectivity index (χ1n) is 3.73. The van der Waals surface area contributed by atoms with Crippen molar-refractivity contribution in [3.8, 4) is 0 Å². The minimum Gasteiger partial charge on any atom is -0.284 e. The van der Waals surface area contributed by atoms with Crippen LogP contribution in [0.1, 0.15) is 13.3 Å². The lowest BCUT2D eigenvalue weighted by molar-refractivity contribution is -0.142. The molecule has 5 heteroatoms. The molecule has 1 fully saturated rings. The third-order valence-corrected chi connectivity index (χ3v) is 2.19. The molecule has 0 radical (unpaired) electrons. The van der Waals surface area contributed by atoms with E-state index in [1.807, 2.05) is 6.92 Å². The Kier molecular flexibility index (Phi) is 2.42. The molecule has 1 saturated heterocycles. The first-order chi connectivity index (χ1) is 5.59. The summed E-state index contributed by atoms with van der Waals surface area (Å²) < 4.78 is 0. The van der Waals surface area contributed by atoms with Gasteiger partial charge in [-0.25, -0.2) is 0 Å². The smallest absolute Gasteiger partial charge is 0.284 e. The number of thiocarbonyl (C=S) groups is 1. The van der Waals surface area contributed by atoms with Crippen LogP contribution in [0.5, 0.6) is 0 Å². The topological polar surface area (TPSA) is 40.6 Å². The Bertz CT molecular complexity index is 252. The van der Waals surface area contributed by atoms with Gasteiger partial charge in [-0.05, 0) is 18.6 Å². The molecule has 0 aliphatic carbocycles. The molecular formula is C7H10N2O2S. The standard InChI is InChI=1S/C7H10N2O2S/c1-3-4-9-6(11)5(10)8(2)7(9)12/h3-4H2,1-2H3. The third kappa shape index (κ3) is 1.20. The van der Waals surface area contributed by atoms with Crippen molar-refractivity contribution >= 4 is 29.1 Å². The van der Waals surface area contributed by atoms with Crippen LogP contribution < -0.4 is 0 Å². The van der Waals surface area contributed by atoms with Crippen molar-refractivity contribution in [3.63, 3.8) is 0 Å². The third-order valence-electron chi connectivity index (χ3n) is 1.70. The van der Waals surface area contributed by atoms with Gasteiger partial charge in [-0.3, -0.25) is 19.4 Å². The van der Waals surface area contributed by atoms with Gasteiger partial charge >= 0.3 is 11.8 Å². The Labute approximate surface area is 76.1 Å². The summed E-state index contributed by atoms with van der Waals surface area (Å²) in [5, 5.41) is 0.312. The Morgan fingerprint density at radius 1 is 1.33 bits per heavy atom. The van der Waals surface area contributed by atoms with Gasteiger partial charge in [0.05, 0.1) is 0 Å². The Morgan fingerprint density at radius 2 is 1.92 bits per heavy atom. The molecule has 1 aliphatic rings. The minimum atomic E-state index is -0.534. The predicted molar refractivity (Wildman–Crippen MR) is 47.4 cm³/mol. The van der Waals surface area contributed by atoms with E-state index in [1.54, 1.807) is 0 Å². The van der Waals surface area contributed by atoms with Gasteiger partial charge in [-0.1, -0.05) is 6.92 Å². The number of likely N-dealkylation sites (N-methyl/N-ethyl adjacent to an activating group) is 1. The van der Waals surface area contributed by atoms with Crippen molar-refractivity contribution in [1.29, 1.82) is 0 Å². The van der Waals surface area contributed by atoms with Crippen molar-refractivity contribution in [2.45, 2.75) is 13.3 Å². The first-order valence-corrected chi connectivity index (χ1v) is 4.14. The summed E-state index contributed by atoms with van der Waals surface area (Å²) in [6.45, 7) is 2.45. The zero-order chi connectivity index (χ0) is 9.30. The number of carbonyl (C=O) groups excluding carboxylic acids is 2. The van der Waals surface area contributed by atoms with E-state index >= 15 is 0 Å². The molecule has 1 aliphatic heterocycles. The normalized spacial score (nSPS) is 18.0. The Balaban J connectivity index is 2.84. The molecule has 0 atom stereocenters. The lowest BCUT2D eigenvalue weighted by Crippen LogP contribution is -2.31. The summed E-state index contributed by atoms with van der Waals surface area (Å²) in [6, 6.07) is 0. The highest BCUT2D eigenvalue weighted by atomic mass is 32.1. The van der Waals surface area contributed by atoms with Crippen molar-refractivity contribution in [2.75, 3.05) is 13.6 Å². The number of carbonyl (C=O) groups is 2. The van der Waals surface area contributed by atoms with Gasteiger partial charge in [0, 0.05) is 13.6 Å². The number of amides is 2. The molecule has 66 valence electrons. The molecule has 1 heterocycles. The first kappa shape index (κ1) is 9.12. The van der Waals surface area contributed by atoms with Crippen LogP contribution >= 0.6 is 12.2 Å². The molecule has 0 aromatic rings. The molecule has 1 rings (SSSR count). The summed E-state index contributed by atoms with van der Waals surface area (Å²) >= 11 is 4.89. The average Bonchev–Trinajstić information content (AvgIpc) is 2.23. The zero-order valence-electron chi connectivity index (χ0n) is 7.03. The van der Waals surface area contributed by atoms with Gasteiger partial charge in [0.2, 0.25) is 0 Å². The second-order valence-corrected chi connectivity index (χ2v) is 2.97. The quantitative estimate of drug-likeness (QED) is 0.449. The van der Waals surface area contributed by atoms with Gasteiger partial charge in [0.1, 0.15) is 0 Å². The van der Waals surface area contributed by atoms with E-state index in [0.717, 1.165) is 6.42 Å². The summed E-state index contributed by atoms with van der Waals surface area (Å²) in [4.78, 5) is 24.7. The van der Waals surface area contributed by atoms with Crippen molar-refractivity contribution < 1.29 is 9.59 Å². The summed E-state index contributed by atoms with van der Waals surface area (Å²) in [6.07, 6.45) is 0.799. The zero-order valence-corrected chi connectivity index (χ0v) is 7.85. The largest absolute Gasteiger partial charge is 0.318 e. The molecule has 2 amide bonds. The van der Waals surface area contributed by atoms with Gasteiger partial charge < -0.3 is 0 Å². The second kappa shape index (κ2) is 3.18. The van der Waals surface area contributed by atoms with Crippen LogP contribution in [0.25, 0.3) is 0 Å². The molecule has 4 nitrogen and oxygen atoms in total.